The molecule has 0 radical (unpaired) electrons. The summed E-state index contributed by atoms with van der Waals surface area (Å²) < 4.78 is 6.50. The third-order valence-corrected chi connectivity index (χ3v) is 4.18. The first-order valence-electron chi connectivity index (χ1n) is 7.57. The van der Waals surface area contributed by atoms with Crippen molar-refractivity contribution in [3.05, 3.63) is 40.9 Å². The number of nitrogens with one attached hydrogen (secondary N) is 1. The second-order valence-corrected chi connectivity index (χ2v) is 6.27. The van der Waals surface area contributed by atoms with Gasteiger partial charge in [-0.05, 0) is 31.0 Å². The van der Waals surface area contributed by atoms with E-state index in [2.05, 4.69) is 33.0 Å². The van der Waals surface area contributed by atoms with Crippen LogP contribution in [0.2, 0.25) is 0 Å². The maximum absolute atomic E-state index is 12.0. The van der Waals surface area contributed by atoms with Crippen molar-refractivity contribution in [3.8, 4) is 5.75 Å². The van der Waals surface area contributed by atoms with Gasteiger partial charge in [0.2, 0.25) is 5.91 Å². The highest BCUT2D eigenvalue weighted by Crippen LogP contribution is 2.24. The first-order valence-corrected chi connectivity index (χ1v) is 8.36. The molecule has 0 saturated heterocycles. The second kappa shape index (κ2) is 8.73. The fourth-order valence-electron chi connectivity index (χ4n) is 2.52. The molecule has 1 aromatic rings. The van der Waals surface area contributed by atoms with Crippen LogP contribution in [0.15, 0.2) is 40.4 Å². The number of halogens is 1. The normalized spacial score (nSPS) is 15.7. The van der Waals surface area contributed by atoms with E-state index in [-0.39, 0.29) is 11.8 Å². The van der Waals surface area contributed by atoms with Gasteiger partial charge in [0.05, 0.1) is 6.21 Å². The number of amides is 1. The fraction of sp³-hybridized carbons (Fsp3) is 0.412. The van der Waals surface area contributed by atoms with E-state index in [9.17, 15) is 4.79 Å². The van der Waals surface area contributed by atoms with E-state index in [1.165, 1.54) is 6.42 Å². The molecule has 0 unspecified atom stereocenters. The molecule has 118 valence electrons. The second-order valence-electron chi connectivity index (χ2n) is 5.35. The van der Waals surface area contributed by atoms with E-state index in [4.69, 9.17) is 4.74 Å². The van der Waals surface area contributed by atoms with Gasteiger partial charge in [0.25, 0.3) is 0 Å². The Labute approximate surface area is 139 Å². The van der Waals surface area contributed by atoms with Gasteiger partial charge in [-0.25, -0.2) is 5.43 Å². The molecule has 0 atom stereocenters. The van der Waals surface area contributed by atoms with E-state index < -0.39 is 0 Å². The van der Waals surface area contributed by atoms with E-state index >= 15 is 0 Å². The van der Waals surface area contributed by atoms with Crippen LogP contribution < -0.4 is 10.2 Å². The summed E-state index contributed by atoms with van der Waals surface area (Å²) in [6, 6.07) is 5.66. The molecule has 22 heavy (non-hydrogen) atoms. The third kappa shape index (κ3) is 4.98. The average Bonchev–Trinajstić information content (AvgIpc) is 2.55. The topological polar surface area (TPSA) is 50.7 Å². The van der Waals surface area contributed by atoms with Crippen LogP contribution in [0.25, 0.3) is 0 Å². The highest BCUT2D eigenvalue weighted by molar-refractivity contribution is 9.10. The highest BCUT2D eigenvalue weighted by atomic mass is 79.9. The quantitative estimate of drug-likeness (QED) is 0.470. The Morgan fingerprint density at radius 1 is 1.41 bits per heavy atom. The van der Waals surface area contributed by atoms with Crippen molar-refractivity contribution in [3.63, 3.8) is 0 Å². The largest absolute Gasteiger partial charge is 0.489 e. The molecule has 0 aliphatic heterocycles. The molecular weight excluding hydrogens is 344 g/mol. The molecule has 1 aliphatic rings. The van der Waals surface area contributed by atoms with Crippen LogP contribution in [0.4, 0.5) is 0 Å². The number of hydrazone groups is 1. The molecular formula is C17H21BrN2O2. The van der Waals surface area contributed by atoms with E-state index in [1.807, 2.05) is 18.2 Å². The highest BCUT2D eigenvalue weighted by Gasteiger charge is 2.20. The lowest BCUT2D eigenvalue weighted by Gasteiger charge is -2.19. The van der Waals surface area contributed by atoms with E-state index in [0.717, 1.165) is 35.7 Å². The fourth-order valence-corrected chi connectivity index (χ4v) is 2.90. The number of nitrogens with zero attached hydrogens (tertiary/aromatic N) is 1. The Hall–Kier alpha value is -1.62. The Morgan fingerprint density at radius 2 is 2.18 bits per heavy atom. The van der Waals surface area contributed by atoms with Crippen molar-refractivity contribution in [2.75, 3.05) is 6.61 Å². The summed E-state index contributed by atoms with van der Waals surface area (Å²) in [4.78, 5) is 12.0. The van der Waals surface area contributed by atoms with Crippen LogP contribution in [0.5, 0.6) is 5.75 Å². The Morgan fingerprint density at radius 3 is 2.91 bits per heavy atom. The van der Waals surface area contributed by atoms with Crippen LogP contribution in [-0.2, 0) is 4.79 Å². The van der Waals surface area contributed by atoms with Gasteiger partial charge in [-0.3, -0.25) is 4.79 Å². The van der Waals surface area contributed by atoms with Gasteiger partial charge in [-0.15, -0.1) is 0 Å². The van der Waals surface area contributed by atoms with Gasteiger partial charge in [-0.2, -0.15) is 5.10 Å². The predicted molar refractivity (Wildman–Crippen MR) is 92.1 cm³/mol. The molecule has 0 heterocycles. The number of carbonyl (C=O) groups is 1. The molecule has 1 aliphatic carbocycles. The molecule has 1 saturated carbocycles. The lowest BCUT2D eigenvalue weighted by atomic mass is 9.89. The first kappa shape index (κ1) is 16.7. The molecule has 1 aromatic carbocycles. The SMILES string of the molecule is C=CCOc1ccc(Br)cc1/C=N/NC(=O)C1CCCCC1. The first-order chi connectivity index (χ1) is 10.7. The van der Waals surface area contributed by atoms with E-state index in [0.29, 0.717) is 12.4 Å². The number of rotatable bonds is 6. The number of carbonyl (C=O) groups excluding carboxylic acids is 1. The van der Waals surface area contributed by atoms with Crippen molar-refractivity contribution >= 4 is 28.1 Å². The third-order valence-electron chi connectivity index (χ3n) is 3.68. The summed E-state index contributed by atoms with van der Waals surface area (Å²) in [6.07, 6.45) is 8.73. The van der Waals surface area contributed by atoms with Crippen LogP contribution >= 0.6 is 15.9 Å². The molecule has 0 aromatic heterocycles. The Balaban J connectivity index is 1.97. The molecule has 2 rings (SSSR count). The molecule has 1 fully saturated rings. The summed E-state index contributed by atoms with van der Waals surface area (Å²) in [6.45, 7) is 4.06. The van der Waals surface area contributed by atoms with Gasteiger partial charge < -0.3 is 4.74 Å². The van der Waals surface area contributed by atoms with Crippen LogP contribution in [-0.4, -0.2) is 18.7 Å². The lowest BCUT2D eigenvalue weighted by Crippen LogP contribution is -2.28. The summed E-state index contributed by atoms with van der Waals surface area (Å²) in [5.41, 5.74) is 3.45. The minimum absolute atomic E-state index is 0.0134. The minimum atomic E-state index is 0.0134. The minimum Gasteiger partial charge on any atom is -0.489 e. The smallest absolute Gasteiger partial charge is 0.243 e. The molecule has 0 spiro atoms. The van der Waals surface area contributed by atoms with Gasteiger partial charge in [-0.1, -0.05) is 47.8 Å². The van der Waals surface area contributed by atoms with Crippen molar-refractivity contribution < 1.29 is 9.53 Å². The average molecular weight is 365 g/mol. The number of ether oxygens (including phenoxy) is 1. The Kier molecular flexibility index (Phi) is 6.65. The lowest BCUT2D eigenvalue weighted by molar-refractivity contribution is -0.125. The maximum atomic E-state index is 12.0. The monoisotopic (exact) mass is 364 g/mol. The zero-order chi connectivity index (χ0) is 15.8. The Bertz CT molecular complexity index is 552. The maximum Gasteiger partial charge on any atom is 0.243 e. The van der Waals surface area contributed by atoms with Crippen molar-refractivity contribution in [2.45, 2.75) is 32.1 Å². The number of benzene rings is 1. The zero-order valence-electron chi connectivity index (χ0n) is 12.6. The molecule has 0 bridgehead atoms. The number of hydrogen-bond donors (Lipinski definition) is 1. The molecule has 1 N–H and O–H groups in total. The van der Waals surface area contributed by atoms with Crippen molar-refractivity contribution in [2.24, 2.45) is 11.0 Å². The van der Waals surface area contributed by atoms with Crippen molar-refractivity contribution in [1.82, 2.24) is 5.43 Å². The summed E-state index contributed by atoms with van der Waals surface area (Å²) in [7, 11) is 0. The summed E-state index contributed by atoms with van der Waals surface area (Å²) in [5.74, 6) is 0.822. The van der Waals surface area contributed by atoms with Crippen LogP contribution in [0, 0.1) is 5.92 Å². The van der Waals surface area contributed by atoms with Crippen molar-refractivity contribution in [1.29, 1.82) is 0 Å². The summed E-state index contributed by atoms with van der Waals surface area (Å²) >= 11 is 3.42. The van der Waals surface area contributed by atoms with E-state index in [1.54, 1.807) is 12.3 Å². The van der Waals surface area contributed by atoms with Crippen LogP contribution in [0.3, 0.4) is 0 Å². The molecule has 5 heteroatoms. The zero-order valence-corrected chi connectivity index (χ0v) is 14.1. The molecule has 4 nitrogen and oxygen atoms in total. The standard InChI is InChI=1S/C17H21BrN2O2/c1-2-10-22-16-9-8-15(18)11-14(16)12-19-20-17(21)13-6-4-3-5-7-13/h2,8-9,11-13H,1,3-7,10H2,(H,20,21)/b19-12+. The van der Waals surface area contributed by atoms with Gasteiger partial charge in [0.1, 0.15) is 12.4 Å². The number of hydrogen-bond acceptors (Lipinski definition) is 3. The van der Waals surface area contributed by atoms with Gasteiger partial charge in [0.15, 0.2) is 0 Å². The predicted octanol–water partition coefficient (Wildman–Crippen LogP) is 4.04. The van der Waals surface area contributed by atoms with Gasteiger partial charge in [0, 0.05) is 16.0 Å². The van der Waals surface area contributed by atoms with Crippen LogP contribution in [0.1, 0.15) is 37.7 Å². The molecule has 1 amide bonds. The van der Waals surface area contributed by atoms with Gasteiger partial charge >= 0.3 is 0 Å². The summed E-state index contributed by atoms with van der Waals surface area (Å²) in [5, 5.41) is 4.08.